The van der Waals surface area contributed by atoms with E-state index in [1.807, 2.05) is 18.2 Å². The Kier molecular flexibility index (Phi) is 6.00. The van der Waals surface area contributed by atoms with E-state index in [4.69, 9.17) is 4.74 Å². The molecule has 0 aromatic heterocycles. The van der Waals surface area contributed by atoms with Crippen LogP contribution in [-0.2, 0) is 0 Å². The molecule has 3 heteroatoms. The zero-order valence-corrected chi connectivity index (χ0v) is 12.3. The molecule has 1 aromatic rings. The fourth-order valence-electron chi connectivity index (χ4n) is 1.65. The van der Waals surface area contributed by atoms with Crippen LogP contribution in [0.5, 0.6) is 5.75 Å². The van der Waals surface area contributed by atoms with E-state index in [0.717, 1.165) is 22.2 Å². The van der Waals surface area contributed by atoms with Crippen LogP contribution in [0.3, 0.4) is 0 Å². The minimum absolute atomic E-state index is 0.507. The minimum atomic E-state index is -0.507. The third kappa shape index (κ3) is 5.09. The van der Waals surface area contributed by atoms with Gasteiger partial charge in [-0.3, -0.25) is 0 Å². The Hall–Kier alpha value is -0.540. The van der Waals surface area contributed by atoms with Gasteiger partial charge in [-0.05, 0) is 43.9 Å². The molecule has 0 bridgehead atoms. The van der Waals surface area contributed by atoms with Crippen molar-refractivity contribution in [3.05, 3.63) is 28.2 Å². The molecule has 0 heterocycles. The van der Waals surface area contributed by atoms with Gasteiger partial charge in [0, 0.05) is 10.0 Å². The van der Waals surface area contributed by atoms with Crippen LogP contribution in [0.2, 0.25) is 0 Å². The highest BCUT2D eigenvalue weighted by molar-refractivity contribution is 9.10. The molecule has 0 saturated heterocycles. The van der Waals surface area contributed by atoms with Gasteiger partial charge in [-0.1, -0.05) is 29.8 Å². The monoisotopic (exact) mass is 300 g/mol. The molecule has 0 amide bonds. The van der Waals surface area contributed by atoms with Crippen molar-refractivity contribution in [3.63, 3.8) is 0 Å². The second-order valence-corrected chi connectivity index (χ2v) is 5.66. The first kappa shape index (κ1) is 14.5. The van der Waals surface area contributed by atoms with Gasteiger partial charge >= 0.3 is 0 Å². The van der Waals surface area contributed by atoms with Crippen molar-refractivity contribution >= 4 is 15.9 Å². The molecule has 0 aliphatic rings. The smallest absolute Gasteiger partial charge is 0.125 e. The van der Waals surface area contributed by atoms with Gasteiger partial charge in [0.25, 0.3) is 0 Å². The molecule has 0 aliphatic heterocycles. The van der Waals surface area contributed by atoms with E-state index in [2.05, 4.69) is 29.8 Å². The average molecular weight is 301 g/mol. The van der Waals surface area contributed by atoms with Crippen LogP contribution in [0.25, 0.3) is 0 Å². The van der Waals surface area contributed by atoms with Crippen molar-refractivity contribution in [2.45, 2.75) is 39.7 Å². The van der Waals surface area contributed by atoms with Crippen molar-refractivity contribution in [1.82, 2.24) is 0 Å². The predicted molar refractivity (Wildman–Crippen MR) is 74.3 cm³/mol. The van der Waals surface area contributed by atoms with Crippen molar-refractivity contribution in [2.24, 2.45) is 5.92 Å². The maximum absolute atomic E-state index is 9.67. The fraction of sp³-hybridized carbons (Fsp3) is 0.571. The highest BCUT2D eigenvalue weighted by Gasteiger charge is 2.09. The maximum atomic E-state index is 9.67. The molecular weight excluding hydrogens is 280 g/mol. The van der Waals surface area contributed by atoms with Gasteiger partial charge in [0.05, 0.1) is 12.7 Å². The van der Waals surface area contributed by atoms with Gasteiger partial charge in [-0.2, -0.15) is 0 Å². The van der Waals surface area contributed by atoms with E-state index < -0.39 is 6.10 Å². The van der Waals surface area contributed by atoms with Gasteiger partial charge in [-0.15, -0.1) is 0 Å². The molecule has 2 nitrogen and oxygen atoms in total. The number of aliphatic hydroxyl groups excluding tert-OH is 1. The molecule has 0 spiro atoms. The largest absolute Gasteiger partial charge is 0.493 e. The quantitative estimate of drug-likeness (QED) is 0.793. The Morgan fingerprint density at radius 1 is 1.29 bits per heavy atom. The van der Waals surface area contributed by atoms with E-state index in [1.54, 1.807) is 6.92 Å². The van der Waals surface area contributed by atoms with Gasteiger partial charge in [0.2, 0.25) is 0 Å². The molecule has 96 valence electrons. The number of benzene rings is 1. The summed E-state index contributed by atoms with van der Waals surface area (Å²) in [6.45, 7) is 6.88. The van der Waals surface area contributed by atoms with Crippen LogP contribution in [0, 0.1) is 5.92 Å². The Morgan fingerprint density at radius 2 is 2.00 bits per heavy atom. The lowest BCUT2D eigenvalue weighted by Gasteiger charge is -2.14. The zero-order valence-electron chi connectivity index (χ0n) is 10.7. The number of hydrogen-bond acceptors (Lipinski definition) is 2. The van der Waals surface area contributed by atoms with Crippen LogP contribution in [-0.4, -0.2) is 11.7 Å². The van der Waals surface area contributed by atoms with E-state index in [1.165, 1.54) is 6.42 Å². The first-order valence-corrected chi connectivity index (χ1v) is 6.90. The Bertz CT molecular complexity index is 348. The van der Waals surface area contributed by atoms with Crippen LogP contribution < -0.4 is 4.74 Å². The van der Waals surface area contributed by atoms with Crippen molar-refractivity contribution in [1.29, 1.82) is 0 Å². The van der Waals surface area contributed by atoms with E-state index >= 15 is 0 Å². The Morgan fingerprint density at radius 3 is 2.59 bits per heavy atom. The lowest BCUT2D eigenvalue weighted by molar-refractivity contribution is 0.190. The van der Waals surface area contributed by atoms with Crippen molar-refractivity contribution in [2.75, 3.05) is 6.61 Å². The second-order valence-electron chi connectivity index (χ2n) is 4.74. The molecule has 1 N–H and O–H groups in total. The average Bonchev–Trinajstić information content (AvgIpc) is 2.25. The van der Waals surface area contributed by atoms with Gasteiger partial charge in [0.1, 0.15) is 5.75 Å². The lowest BCUT2D eigenvalue weighted by Crippen LogP contribution is -2.03. The first-order valence-electron chi connectivity index (χ1n) is 6.11. The summed E-state index contributed by atoms with van der Waals surface area (Å²) >= 11 is 3.40. The topological polar surface area (TPSA) is 29.5 Å². The summed E-state index contributed by atoms with van der Waals surface area (Å²) in [6.07, 6.45) is 1.71. The molecule has 1 aromatic carbocycles. The predicted octanol–water partition coefficient (Wildman–Crippen LogP) is 4.32. The first-order chi connectivity index (χ1) is 8.00. The molecule has 0 aliphatic carbocycles. The molecule has 1 atom stereocenters. The fourth-order valence-corrected chi connectivity index (χ4v) is 2.03. The van der Waals surface area contributed by atoms with E-state index in [0.29, 0.717) is 12.5 Å². The van der Waals surface area contributed by atoms with E-state index in [-0.39, 0.29) is 0 Å². The molecular formula is C14H21BrO2. The summed E-state index contributed by atoms with van der Waals surface area (Å²) in [6, 6.07) is 5.74. The van der Waals surface area contributed by atoms with Gasteiger partial charge in [0.15, 0.2) is 0 Å². The number of rotatable bonds is 6. The third-order valence-electron chi connectivity index (χ3n) is 2.61. The normalized spacial score (nSPS) is 12.8. The van der Waals surface area contributed by atoms with Crippen LogP contribution in [0.4, 0.5) is 0 Å². The second kappa shape index (κ2) is 7.02. The SMILES string of the molecule is CC(C)CCCOc1ccc(Br)cc1C(C)O. The summed E-state index contributed by atoms with van der Waals surface area (Å²) in [5.41, 5.74) is 0.837. The Labute approximate surface area is 112 Å². The summed E-state index contributed by atoms with van der Waals surface area (Å²) in [5, 5.41) is 9.67. The van der Waals surface area contributed by atoms with E-state index in [9.17, 15) is 5.11 Å². The lowest BCUT2D eigenvalue weighted by atomic mass is 10.1. The number of hydrogen-bond donors (Lipinski definition) is 1. The summed E-state index contributed by atoms with van der Waals surface area (Å²) in [4.78, 5) is 0. The summed E-state index contributed by atoms with van der Waals surface area (Å²) in [5.74, 6) is 1.49. The van der Waals surface area contributed by atoms with Gasteiger partial charge < -0.3 is 9.84 Å². The maximum Gasteiger partial charge on any atom is 0.125 e. The molecule has 1 rings (SSSR count). The number of ether oxygens (including phenoxy) is 1. The molecule has 17 heavy (non-hydrogen) atoms. The van der Waals surface area contributed by atoms with Crippen molar-refractivity contribution in [3.8, 4) is 5.75 Å². The highest BCUT2D eigenvalue weighted by Crippen LogP contribution is 2.28. The molecule has 0 radical (unpaired) electrons. The molecule has 0 saturated carbocycles. The number of halogens is 1. The highest BCUT2D eigenvalue weighted by atomic mass is 79.9. The minimum Gasteiger partial charge on any atom is -0.493 e. The number of aliphatic hydroxyl groups is 1. The van der Waals surface area contributed by atoms with Gasteiger partial charge in [-0.25, -0.2) is 0 Å². The molecule has 0 fully saturated rings. The summed E-state index contributed by atoms with van der Waals surface area (Å²) < 4.78 is 6.68. The zero-order chi connectivity index (χ0) is 12.8. The Balaban J connectivity index is 2.58. The summed E-state index contributed by atoms with van der Waals surface area (Å²) in [7, 11) is 0. The van der Waals surface area contributed by atoms with Crippen LogP contribution in [0.1, 0.15) is 45.3 Å². The van der Waals surface area contributed by atoms with Crippen molar-refractivity contribution < 1.29 is 9.84 Å². The molecule has 1 unspecified atom stereocenters. The van der Waals surface area contributed by atoms with Crippen LogP contribution in [0.15, 0.2) is 22.7 Å². The van der Waals surface area contributed by atoms with Crippen LogP contribution >= 0.6 is 15.9 Å². The standard InChI is InChI=1S/C14H21BrO2/c1-10(2)5-4-8-17-14-7-6-12(15)9-13(14)11(3)16/h6-7,9-11,16H,4-5,8H2,1-3H3. The third-order valence-corrected chi connectivity index (χ3v) is 3.10.